The Morgan fingerprint density at radius 1 is 1.14 bits per heavy atom. The van der Waals surface area contributed by atoms with E-state index in [9.17, 15) is 0 Å². The molecule has 3 aliphatic carbocycles. The number of hydrogen-bond acceptors (Lipinski definition) is 2. The first-order valence-corrected chi connectivity index (χ1v) is 8.37. The zero-order valence-corrected chi connectivity index (χ0v) is 13.3. The fourth-order valence-corrected chi connectivity index (χ4v) is 5.00. The average Bonchev–Trinajstić information content (AvgIpc) is 2.82. The van der Waals surface area contributed by atoms with Gasteiger partial charge < -0.3 is 9.31 Å². The number of aryl methyl sites for hydroxylation is 1. The van der Waals surface area contributed by atoms with Crippen molar-refractivity contribution in [2.75, 3.05) is 0 Å². The lowest BCUT2D eigenvalue weighted by Crippen LogP contribution is -2.65. The Morgan fingerprint density at radius 2 is 1.90 bits per heavy atom. The molecule has 1 aromatic rings. The molecule has 3 saturated carbocycles. The van der Waals surface area contributed by atoms with E-state index in [2.05, 4.69) is 51.1 Å². The predicted octanol–water partition coefficient (Wildman–Crippen LogP) is 3.96. The van der Waals surface area contributed by atoms with Crippen LogP contribution in [0.2, 0.25) is 6.32 Å². The molecule has 4 fully saturated rings. The minimum atomic E-state index is -0.0559. The van der Waals surface area contributed by atoms with Gasteiger partial charge in [-0.3, -0.25) is 0 Å². The van der Waals surface area contributed by atoms with E-state index < -0.39 is 0 Å². The zero-order chi connectivity index (χ0) is 14.7. The van der Waals surface area contributed by atoms with Crippen LogP contribution >= 0.6 is 0 Å². The van der Waals surface area contributed by atoms with Crippen LogP contribution in [0.1, 0.15) is 39.2 Å². The van der Waals surface area contributed by atoms with Gasteiger partial charge in [0.15, 0.2) is 0 Å². The Balaban J connectivity index is 1.43. The van der Waals surface area contributed by atoms with Crippen LogP contribution in [0.3, 0.4) is 0 Å². The van der Waals surface area contributed by atoms with E-state index >= 15 is 0 Å². The zero-order valence-electron chi connectivity index (χ0n) is 13.3. The summed E-state index contributed by atoms with van der Waals surface area (Å²) >= 11 is 0. The van der Waals surface area contributed by atoms with Gasteiger partial charge in [0.1, 0.15) is 0 Å². The molecule has 0 unspecified atom stereocenters. The lowest BCUT2D eigenvalue weighted by molar-refractivity contribution is -0.199. The Hall–Kier alpha value is -0.795. The van der Waals surface area contributed by atoms with Crippen LogP contribution in [0.4, 0.5) is 0 Å². The molecule has 4 aliphatic rings. The van der Waals surface area contributed by atoms with E-state index in [0.717, 1.165) is 18.7 Å². The molecule has 4 atom stereocenters. The molecule has 3 heteroatoms. The largest absolute Gasteiger partial charge is 0.457 e. The van der Waals surface area contributed by atoms with Crippen molar-refractivity contribution in [3.8, 4) is 0 Å². The minimum absolute atomic E-state index is 0.0182. The van der Waals surface area contributed by atoms with E-state index in [4.69, 9.17) is 9.31 Å². The molecule has 1 heterocycles. The van der Waals surface area contributed by atoms with E-state index in [-0.39, 0.29) is 12.7 Å². The molecule has 0 spiro atoms. The molecule has 0 radical (unpaired) electrons. The van der Waals surface area contributed by atoms with Crippen LogP contribution in [0.15, 0.2) is 30.3 Å². The first-order valence-electron chi connectivity index (χ1n) is 8.37. The standard InChI is InChI=1S/C18H25BO2/c1-17(2)14-11-15(17)18(3)16(12-14)20-19(21-18)10-9-13-7-5-4-6-8-13/h4-8,14-16H,9-12H2,1-3H3/t14-,15-,16+,18-/m0/s1. The second-order valence-electron chi connectivity index (χ2n) is 7.92. The van der Waals surface area contributed by atoms with Gasteiger partial charge in [0.2, 0.25) is 0 Å². The van der Waals surface area contributed by atoms with Gasteiger partial charge in [-0.2, -0.15) is 0 Å². The van der Waals surface area contributed by atoms with E-state index in [0.29, 0.717) is 17.4 Å². The predicted molar refractivity (Wildman–Crippen MR) is 85.1 cm³/mol. The maximum atomic E-state index is 6.44. The summed E-state index contributed by atoms with van der Waals surface area (Å²) in [6.07, 6.45) is 4.83. The molecule has 2 bridgehead atoms. The van der Waals surface area contributed by atoms with E-state index in [1.165, 1.54) is 18.4 Å². The van der Waals surface area contributed by atoms with Gasteiger partial charge in [-0.1, -0.05) is 44.2 Å². The number of hydrogen-bond donors (Lipinski definition) is 0. The van der Waals surface area contributed by atoms with Crippen molar-refractivity contribution in [2.24, 2.45) is 17.3 Å². The van der Waals surface area contributed by atoms with Gasteiger partial charge in [0.05, 0.1) is 11.7 Å². The van der Waals surface area contributed by atoms with Crippen molar-refractivity contribution in [1.82, 2.24) is 0 Å². The summed E-state index contributed by atoms with van der Waals surface area (Å²) in [6.45, 7) is 7.11. The van der Waals surface area contributed by atoms with Crippen molar-refractivity contribution >= 4 is 7.12 Å². The Labute approximate surface area is 128 Å². The molecule has 0 aromatic heterocycles. The summed E-state index contributed by atoms with van der Waals surface area (Å²) < 4.78 is 12.7. The quantitative estimate of drug-likeness (QED) is 0.782. The van der Waals surface area contributed by atoms with Gasteiger partial charge in [-0.15, -0.1) is 0 Å². The number of rotatable bonds is 3. The Morgan fingerprint density at radius 3 is 2.62 bits per heavy atom. The highest BCUT2D eigenvalue weighted by atomic mass is 16.7. The van der Waals surface area contributed by atoms with E-state index in [1.54, 1.807) is 0 Å². The molecule has 1 saturated heterocycles. The van der Waals surface area contributed by atoms with Gasteiger partial charge >= 0.3 is 7.12 Å². The molecule has 2 nitrogen and oxygen atoms in total. The lowest BCUT2D eigenvalue weighted by Gasteiger charge is -2.64. The third kappa shape index (κ3) is 2.01. The Kier molecular flexibility index (Phi) is 3.03. The second-order valence-corrected chi connectivity index (χ2v) is 7.92. The molecule has 0 N–H and O–H groups in total. The third-order valence-corrected chi connectivity index (χ3v) is 6.51. The van der Waals surface area contributed by atoms with Crippen molar-refractivity contribution in [3.05, 3.63) is 35.9 Å². The topological polar surface area (TPSA) is 18.5 Å². The lowest BCUT2D eigenvalue weighted by atomic mass is 9.43. The fraction of sp³-hybridized carbons (Fsp3) is 0.667. The van der Waals surface area contributed by atoms with Crippen molar-refractivity contribution in [2.45, 2.75) is 58.1 Å². The summed E-state index contributed by atoms with van der Waals surface area (Å²) in [5.41, 5.74) is 1.75. The molecule has 1 aromatic carbocycles. The maximum absolute atomic E-state index is 6.44. The molecule has 5 rings (SSSR count). The van der Waals surface area contributed by atoms with Crippen LogP contribution in [-0.4, -0.2) is 18.8 Å². The maximum Gasteiger partial charge on any atom is 0.457 e. The second kappa shape index (κ2) is 4.60. The highest BCUT2D eigenvalue weighted by Crippen LogP contribution is 2.65. The van der Waals surface area contributed by atoms with Crippen LogP contribution in [-0.2, 0) is 15.7 Å². The SMILES string of the molecule is CC1(C)[C@@H]2C[C@H]3OB(CCc4ccccc4)O[C@@]3(C)[C@H]1C2. The average molecular weight is 284 g/mol. The monoisotopic (exact) mass is 284 g/mol. The molecular weight excluding hydrogens is 259 g/mol. The first kappa shape index (κ1) is 13.8. The summed E-state index contributed by atoms with van der Waals surface area (Å²) in [6, 6.07) is 10.6. The summed E-state index contributed by atoms with van der Waals surface area (Å²) in [5.74, 6) is 1.49. The van der Waals surface area contributed by atoms with Crippen LogP contribution in [0.5, 0.6) is 0 Å². The molecule has 21 heavy (non-hydrogen) atoms. The van der Waals surface area contributed by atoms with Crippen molar-refractivity contribution in [3.63, 3.8) is 0 Å². The van der Waals surface area contributed by atoms with Gasteiger partial charge in [-0.05, 0) is 55.3 Å². The summed E-state index contributed by atoms with van der Waals surface area (Å²) in [5, 5.41) is 0. The van der Waals surface area contributed by atoms with E-state index in [1.807, 2.05) is 0 Å². The van der Waals surface area contributed by atoms with Crippen LogP contribution in [0.25, 0.3) is 0 Å². The molecule has 0 amide bonds. The smallest absolute Gasteiger partial charge is 0.405 e. The van der Waals surface area contributed by atoms with Crippen molar-refractivity contribution in [1.29, 1.82) is 0 Å². The molecular formula is C18H25BO2. The molecule has 1 aliphatic heterocycles. The molecule has 112 valence electrons. The minimum Gasteiger partial charge on any atom is -0.405 e. The van der Waals surface area contributed by atoms with Gasteiger partial charge in [-0.25, -0.2) is 0 Å². The van der Waals surface area contributed by atoms with Crippen molar-refractivity contribution < 1.29 is 9.31 Å². The third-order valence-electron chi connectivity index (χ3n) is 6.51. The summed E-state index contributed by atoms with van der Waals surface area (Å²) in [7, 11) is -0.0182. The van der Waals surface area contributed by atoms with Gasteiger partial charge in [0, 0.05) is 0 Å². The highest BCUT2D eigenvalue weighted by molar-refractivity contribution is 6.45. The normalized spacial score (nSPS) is 39.8. The fourth-order valence-electron chi connectivity index (χ4n) is 5.00. The first-order chi connectivity index (χ1) is 10.00. The van der Waals surface area contributed by atoms with Crippen LogP contribution in [0, 0.1) is 17.3 Å². The highest BCUT2D eigenvalue weighted by Gasteiger charge is 2.67. The Bertz CT molecular complexity index is 529. The number of benzene rings is 1. The van der Waals surface area contributed by atoms with Gasteiger partial charge in [0.25, 0.3) is 0 Å². The summed E-state index contributed by atoms with van der Waals surface area (Å²) in [4.78, 5) is 0. The van der Waals surface area contributed by atoms with Crippen LogP contribution < -0.4 is 0 Å².